The zero-order valence-corrected chi connectivity index (χ0v) is 13.2. The SMILES string of the molecule is CNC(CN1CCN(c2ccccn2)CC1)C1CCCC1. The van der Waals surface area contributed by atoms with Gasteiger partial charge in [0, 0.05) is 45.0 Å². The van der Waals surface area contributed by atoms with Crippen LogP contribution in [0.25, 0.3) is 0 Å². The molecule has 0 radical (unpaired) electrons. The first-order valence-electron chi connectivity index (χ1n) is 8.42. The Hall–Kier alpha value is -1.13. The van der Waals surface area contributed by atoms with Gasteiger partial charge >= 0.3 is 0 Å². The third-order valence-corrected chi connectivity index (χ3v) is 5.14. The second-order valence-corrected chi connectivity index (χ2v) is 6.42. The van der Waals surface area contributed by atoms with E-state index in [1.54, 1.807) is 0 Å². The molecule has 2 heterocycles. The van der Waals surface area contributed by atoms with Crippen LogP contribution in [-0.2, 0) is 0 Å². The number of likely N-dealkylation sites (N-methyl/N-ethyl adjacent to an activating group) is 1. The topological polar surface area (TPSA) is 31.4 Å². The van der Waals surface area contributed by atoms with Crippen molar-refractivity contribution in [2.75, 3.05) is 44.7 Å². The molecule has 21 heavy (non-hydrogen) atoms. The van der Waals surface area contributed by atoms with Crippen molar-refractivity contribution in [1.29, 1.82) is 0 Å². The average Bonchev–Trinajstić information content (AvgIpc) is 3.08. The van der Waals surface area contributed by atoms with Crippen LogP contribution < -0.4 is 10.2 Å². The fourth-order valence-electron chi connectivity index (χ4n) is 3.81. The lowest BCUT2D eigenvalue weighted by atomic mass is 9.97. The van der Waals surface area contributed by atoms with E-state index in [4.69, 9.17) is 0 Å². The maximum atomic E-state index is 4.46. The first-order valence-corrected chi connectivity index (χ1v) is 8.42. The Morgan fingerprint density at radius 3 is 2.57 bits per heavy atom. The monoisotopic (exact) mass is 288 g/mol. The fraction of sp³-hybridized carbons (Fsp3) is 0.706. The molecule has 0 bridgehead atoms. The minimum Gasteiger partial charge on any atom is -0.354 e. The van der Waals surface area contributed by atoms with E-state index in [1.165, 1.54) is 32.2 Å². The van der Waals surface area contributed by atoms with Crippen molar-refractivity contribution in [3.63, 3.8) is 0 Å². The summed E-state index contributed by atoms with van der Waals surface area (Å²) < 4.78 is 0. The predicted octanol–water partition coefficient (Wildman–Crippen LogP) is 1.98. The van der Waals surface area contributed by atoms with E-state index in [0.717, 1.165) is 37.9 Å². The van der Waals surface area contributed by atoms with Gasteiger partial charge < -0.3 is 10.2 Å². The first kappa shape index (κ1) is 14.8. The molecule has 116 valence electrons. The zero-order valence-electron chi connectivity index (χ0n) is 13.2. The Labute approximate surface area is 128 Å². The summed E-state index contributed by atoms with van der Waals surface area (Å²) in [5.74, 6) is 2.02. The number of rotatable bonds is 5. The fourth-order valence-corrected chi connectivity index (χ4v) is 3.81. The Bertz CT molecular complexity index is 408. The molecule has 0 amide bonds. The summed E-state index contributed by atoms with van der Waals surface area (Å²) >= 11 is 0. The van der Waals surface area contributed by atoms with Crippen LogP contribution >= 0.6 is 0 Å². The molecule has 2 fully saturated rings. The molecule has 3 rings (SSSR count). The van der Waals surface area contributed by atoms with Crippen LogP contribution in [-0.4, -0.2) is 55.7 Å². The number of hydrogen-bond acceptors (Lipinski definition) is 4. The zero-order chi connectivity index (χ0) is 14.5. The van der Waals surface area contributed by atoms with Crippen molar-refractivity contribution in [3.8, 4) is 0 Å². The first-order chi connectivity index (χ1) is 10.4. The molecule has 1 aromatic rings. The summed E-state index contributed by atoms with van der Waals surface area (Å²) in [4.78, 5) is 9.49. The summed E-state index contributed by atoms with van der Waals surface area (Å²) in [6.07, 6.45) is 7.57. The molecule has 4 nitrogen and oxygen atoms in total. The summed E-state index contributed by atoms with van der Waals surface area (Å²) in [6.45, 7) is 5.70. The molecule has 1 atom stereocenters. The molecular weight excluding hydrogens is 260 g/mol. The standard InChI is InChI=1S/C17H28N4/c1-18-16(15-6-2-3-7-15)14-20-10-12-21(13-11-20)17-8-4-5-9-19-17/h4-5,8-9,15-16,18H,2-3,6-7,10-14H2,1H3. The Balaban J connectivity index is 1.49. The molecule has 1 N–H and O–H groups in total. The van der Waals surface area contributed by atoms with Crippen LogP contribution in [0.4, 0.5) is 5.82 Å². The van der Waals surface area contributed by atoms with Crippen molar-refractivity contribution in [2.45, 2.75) is 31.7 Å². The van der Waals surface area contributed by atoms with Gasteiger partial charge in [0.1, 0.15) is 5.82 Å². The predicted molar refractivity (Wildman–Crippen MR) is 87.7 cm³/mol. The van der Waals surface area contributed by atoms with E-state index < -0.39 is 0 Å². The van der Waals surface area contributed by atoms with Gasteiger partial charge in [-0.3, -0.25) is 4.90 Å². The Kier molecular flexibility index (Phi) is 5.09. The van der Waals surface area contributed by atoms with Gasteiger partial charge in [-0.1, -0.05) is 18.9 Å². The summed E-state index contributed by atoms with van der Waals surface area (Å²) in [5, 5.41) is 3.57. The molecule has 1 aliphatic carbocycles. The minimum absolute atomic E-state index is 0.675. The second-order valence-electron chi connectivity index (χ2n) is 6.42. The normalized spacial score (nSPS) is 22.6. The van der Waals surface area contributed by atoms with E-state index in [1.807, 2.05) is 12.3 Å². The quantitative estimate of drug-likeness (QED) is 0.898. The highest BCUT2D eigenvalue weighted by molar-refractivity contribution is 5.38. The highest BCUT2D eigenvalue weighted by Crippen LogP contribution is 2.28. The lowest BCUT2D eigenvalue weighted by Gasteiger charge is -2.38. The average molecular weight is 288 g/mol. The maximum absolute atomic E-state index is 4.46. The lowest BCUT2D eigenvalue weighted by molar-refractivity contribution is 0.203. The Morgan fingerprint density at radius 1 is 1.19 bits per heavy atom. The van der Waals surface area contributed by atoms with Crippen molar-refractivity contribution >= 4 is 5.82 Å². The smallest absolute Gasteiger partial charge is 0.128 e. The van der Waals surface area contributed by atoms with Gasteiger partial charge in [0.05, 0.1) is 0 Å². The van der Waals surface area contributed by atoms with Gasteiger partial charge in [-0.2, -0.15) is 0 Å². The van der Waals surface area contributed by atoms with Crippen LogP contribution in [0.5, 0.6) is 0 Å². The van der Waals surface area contributed by atoms with E-state index in [-0.39, 0.29) is 0 Å². The molecule has 1 saturated carbocycles. The third kappa shape index (κ3) is 3.74. The molecule has 0 aromatic carbocycles. The largest absolute Gasteiger partial charge is 0.354 e. The number of pyridine rings is 1. The van der Waals surface area contributed by atoms with E-state index in [9.17, 15) is 0 Å². The Morgan fingerprint density at radius 2 is 1.95 bits per heavy atom. The minimum atomic E-state index is 0.675. The van der Waals surface area contributed by atoms with Crippen LogP contribution in [0.3, 0.4) is 0 Å². The summed E-state index contributed by atoms with van der Waals surface area (Å²) in [5.41, 5.74) is 0. The molecule has 1 aromatic heterocycles. The third-order valence-electron chi connectivity index (χ3n) is 5.14. The van der Waals surface area contributed by atoms with E-state index in [2.05, 4.69) is 39.3 Å². The molecule has 4 heteroatoms. The number of anilines is 1. The van der Waals surface area contributed by atoms with Crippen LogP contribution in [0.2, 0.25) is 0 Å². The van der Waals surface area contributed by atoms with Crippen molar-refractivity contribution in [1.82, 2.24) is 15.2 Å². The molecule has 1 aliphatic heterocycles. The number of nitrogens with zero attached hydrogens (tertiary/aromatic N) is 3. The van der Waals surface area contributed by atoms with Gasteiger partial charge in [0.25, 0.3) is 0 Å². The van der Waals surface area contributed by atoms with Crippen molar-refractivity contribution < 1.29 is 0 Å². The van der Waals surface area contributed by atoms with E-state index in [0.29, 0.717) is 6.04 Å². The van der Waals surface area contributed by atoms with E-state index >= 15 is 0 Å². The highest BCUT2D eigenvalue weighted by Gasteiger charge is 2.27. The number of piperazine rings is 1. The van der Waals surface area contributed by atoms with Gasteiger partial charge in [-0.05, 0) is 37.9 Å². The molecule has 0 spiro atoms. The van der Waals surface area contributed by atoms with Crippen molar-refractivity contribution in [2.24, 2.45) is 5.92 Å². The summed E-state index contributed by atoms with van der Waals surface area (Å²) in [7, 11) is 2.13. The lowest BCUT2D eigenvalue weighted by Crippen LogP contribution is -2.51. The molecule has 2 aliphatic rings. The maximum Gasteiger partial charge on any atom is 0.128 e. The molecule has 1 saturated heterocycles. The number of nitrogens with one attached hydrogen (secondary N) is 1. The van der Waals surface area contributed by atoms with Crippen molar-refractivity contribution in [3.05, 3.63) is 24.4 Å². The van der Waals surface area contributed by atoms with Gasteiger partial charge in [0.2, 0.25) is 0 Å². The summed E-state index contributed by atoms with van der Waals surface area (Å²) in [6, 6.07) is 6.85. The molecular formula is C17H28N4. The number of aromatic nitrogens is 1. The van der Waals surface area contributed by atoms with Gasteiger partial charge in [-0.25, -0.2) is 4.98 Å². The van der Waals surface area contributed by atoms with Crippen LogP contribution in [0.1, 0.15) is 25.7 Å². The number of hydrogen-bond donors (Lipinski definition) is 1. The van der Waals surface area contributed by atoms with Crippen LogP contribution in [0.15, 0.2) is 24.4 Å². The second kappa shape index (κ2) is 7.23. The highest BCUT2D eigenvalue weighted by atomic mass is 15.3. The van der Waals surface area contributed by atoms with Crippen LogP contribution in [0, 0.1) is 5.92 Å². The van der Waals surface area contributed by atoms with Gasteiger partial charge in [-0.15, -0.1) is 0 Å². The van der Waals surface area contributed by atoms with Gasteiger partial charge in [0.15, 0.2) is 0 Å². The molecule has 1 unspecified atom stereocenters.